The summed E-state index contributed by atoms with van der Waals surface area (Å²) in [5.41, 5.74) is 1.91. The second-order valence-corrected chi connectivity index (χ2v) is 7.56. The second-order valence-electron chi connectivity index (χ2n) is 6.74. The fraction of sp³-hybridized carbons (Fsp3) is 0.400. The molecule has 0 unspecified atom stereocenters. The van der Waals surface area contributed by atoms with Crippen LogP contribution in [0.1, 0.15) is 23.0 Å². The van der Waals surface area contributed by atoms with E-state index in [1.165, 1.54) is 6.92 Å². The quantitative estimate of drug-likeness (QED) is 0.465. The van der Waals surface area contributed by atoms with Gasteiger partial charge in [0.25, 0.3) is 0 Å². The number of carbonyl (C=O) groups excluding carboxylic acids is 1. The van der Waals surface area contributed by atoms with E-state index in [0.717, 1.165) is 38.5 Å². The number of aromatic nitrogens is 2. The van der Waals surface area contributed by atoms with Crippen LogP contribution in [0.15, 0.2) is 18.2 Å². The van der Waals surface area contributed by atoms with Crippen LogP contribution in [0.2, 0.25) is 10.0 Å². The summed E-state index contributed by atoms with van der Waals surface area (Å²) in [7, 11) is 0. The Balaban J connectivity index is 0.000000534. The molecule has 0 atom stereocenters. The zero-order valence-corrected chi connectivity index (χ0v) is 19.0. The van der Waals surface area contributed by atoms with Crippen molar-refractivity contribution < 1.29 is 34.1 Å². The Labute approximate surface area is 194 Å². The molecule has 32 heavy (non-hydrogen) atoms. The van der Waals surface area contributed by atoms with E-state index in [1.807, 2.05) is 6.92 Å². The predicted molar refractivity (Wildman–Crippen MR) is 116 cm³/mol. The molecule has 0 saturated carbocycles. The number of ether oxygens (including phenoxy) is 2. The maximum atomic E-state index is 12.1. The molecule has 0 aliphatic carbocycles. The van der Waals surface area contributed by atoms with Crippen LogP contribution in [-0.2, 0) is 14.3 Å². The number of ketones is 1. The number of hydrogen-bond acceptors (Lipinski definition) is 7. The van der Waals surface area contributed by atoms with Gasteiger partial charge in [0.15, 0.2) is 5.78 Å². The van der Waals surface area contributed by atoms with E-state index in [-0.39, 0.29) is 5.78 Å². The van der Waals surface area contributed by atoms with Crippen molar-refractivity contribution in [2.24, 2.45) is 0 Å². The average molecular weight is 488 g/mol. The first kappa shape index (κ1) is 25.6. The van der Waals surface area contributed by atoms with Crippen molar-refractivity contribution in [1.82, 2.24) is 14.7 Å². The van der Waals surface area contributed by atoms with Crippen LogP contribution in [0.5, 0.6) is 5.88 Å². The maximum Gasteiger partial charge on any atom is 0.414 e. The number of halogens is 2. The summed E-state index contributed by atoms with van der Waals surface area (Å²) in [4.78, 5) is 32.6. The Morgan fingerprint density at radius 3 is 2.28 bits per heavy atom. The third-order valence-electron chi connectivity index (χ3n) is 4.52. The van der Waals surface area contributed by atoms with Gasteiger partial charge in [-0.3, -0.25) is 9.69 Å². The van der Waals surface area contributed by atoms with Gasteiger partial charge >= 0.3 is 11.9 Å². The molecule has 0 spiro atoms. The van der Waals surface area contributed by atoms with Crippen LogP contribution in [0.25, 0.3) is 5.69 Å². The van der Waals surface area contributed by atoms with E-state index in [1.54, 1.807) is 22.9 Å². The SMILES string of the molecule is CC(=O)c1c(OCCN2CCOCC2)nn(-c2ccc(Cl)c(Cl)c2)c1C.O=C(O)C(=O)O. The lowest BCUT2D eigenvalue weighted by Gasteiger charge is -2.26. The van der Waals surface area contributed by atoms with E-state index in [4.69, 9.17) is 52.5 Å². The van der Waals surface area contributed by atoms with E-state index in [2.05, 4.69) is 10.00 Å². The maximum absolute atomic E-state index is 12.1. The number of Topliss-reactive ketones (excluding diaryl/α,β-unsaturated/α-hetero) is 1. The molecular weight excluding hydrogens is 465 g/mol. The largest absolute Gasteiger partial charge is 0.475 e. The van der Waals surface area contributed by atoms with Gasteiger partial charge in [-0.05, 0) is 32.0 Å². The van der Waals surface area contributed by atoms with Crippen molar-refractivity contribution in [3.05, 3.63) is 39.5 Å². The highest BCUT2D eigenvalue weighted by Gasteiger charge is 2.21. The number of morpholine rings is 1. The molecule has 3 rings (SSSR count). The normalized spacial score (nSPS) is 13.8. The summed E-state index contributed by atoms with van der Waals surface area (Å²) >= 11 is 12.1. The molecule has 174 valence electrons. The monoisotopic (exact) mass is 487 g/mol. The lowest BCUT2D eigenvalue weighted by Crippen LogP contribution is -2.38. The molecule has 0 amide bonds. The molecule has 1 aromatic carbocycles. The van der Waals surface area contributed by atoms with Gasteiger partial charge in [-0.15, -0.1) is 5.10 Å². The lowest BCUT2D eigenvalue weighted by molar-refractivity contribution is -0.159. The Bertz CT molecular complexity index is 976. The molecule has 10 nitrogen and oxygen atoms in total. The first-order valence-corrected chi connectivity index (χ1v) is 10.3. The first-order valence-electron chi connectivity index (χ1n) is 9.57. The third kappa shape index (κ3) is 6.92. The minimum Gasteiger partial charge on any atom is -0.475 e. The number of aliphatic carboxylic acids is 2. The van der Waals surface area contributed by atoms with Gasteiger partial charge < -0.3 is 19.7 Å². The number of nitrogens with zero attached hydrogens (tertiary/aromatic N) is 3. The zero-order chi connectivity index (χ0) is 23.8. The van der Waals surface area contributed by atoms with Crippen molar-refractivity contribution in [3.63, 3.8) is 0 Å². The van der Waals surface area contributed by atoms with Gasteiger partial charge in [0, 0.05) is 19.6 Å². The van der Waals surface area contributed by atoms with Gasteiger partial charge in [-0.2, -0.15) is 0 Å². The predicted octanol–water partition coefficient (Wildman–Crippen LogP) is 2.56. The van der Waals surface area contributed by atoms with Crippen molar-refractivity contribution in [2.75, 3.05) is 39.5 Å². The summed E-state index contributed by atoms with van der Waals surface area (Å²) in [5, 5.41) is 20.2. The number of hydrogen-bond donors (Lipinski definition) is 2. The number of carbonyl (C=O) groups is 3. The van der Waals surface area contributed by atoms with E-state index in [0.29, 0.717) is 33.8 Å². The molecule has 1 fully saturated rings. The summed E-state index contributed by atoms with van der Waals surface area (Å²) in [5.74, 6) is -3.39. The first-order chi connectivity index (χ1) is 15.1. The van der Waals surface area contributed by atoms with Crippen molar-refractivity contribution >= 4 is 40.9 Å². The van der Waals surface area contributed by atoms with E-state index < -0.39 is 11.9 Å². The Morgan fingerprint density at radius 2 is 1.75 bits per heavy atom. The van der Waals surface area contributed by atoms with Gasteiger partial charge in [0.05, 0.1) is 34.6 Å². The molecule has 1 saturated heterocycles. The summed E-state index contributed by atoms with van der Waals surface area (Å²) in [6.45, 7) is 7.82. The molecule has 12 heteroatoms. The second kappa shape index (κ2) is 11.8. The Morgan fingerprint density at radius 1 is 1.12 bits per heavy atom. The molecule has 1 aromatic heterocycles. The third-order valence-corrected chi connectivity index (χ3v) is 5.26. The summed E-state index contributed by atoms with van der Waals surface area (Å²) in [6.07, 6.45) is 0. The Hall–Kier alpha value is -2.66. The molecule has 1 aliphatic rings. The van der Waals surface area contributed by atoms with Gasteiger partial charge in [-0.25, -0.2) is 14.3 Å². The standard InChI is InChI=1S/C18H21Cl2N3O3.C2H2O4/c1-12-17(13(2)24)18(26-10-7-22-5-8-25-9-6-22)21-23(12)14-3-4-15(19)16(20)11-14;3-1(4)2(5)6/h3-4,11H,5-10H2,1-2H3;(H,3,4)(H,5,6). The average Bonchev–Trinajstić information content (AvgIpc) is 3.07. The summed E-state index contributed by atoms with van der Waals surface area (Å²) < 4.78 is 12.8. The van der Waals surface area contributed by atoms with Crippen molar-refractivity contribution in [1.29, 1.82) is 0 Å². The van der Waals surface area contributed by atoms with Crippen LogP contribution in [-0.4, -0.2) is 82.1 Å². The highest BCUT2D eigenvalue weighted by Crippen LogP contribution is 2.28. The highest BCUT2D eigenvalue weighted by molar-refractivity contribution is 6.42. The van der Waals surface area contributed by atoms with Gasteiger partial charge in [0.2, 0.25) is 5.88 Å². The molecule has 0 bridgehead atoms. The molecule has 2 heterocycles. The topological polar surface area (TPSA) is 131 Å². The molecule has 1 aliphatic heterocycles. The lowest BCUT2D eigenvalue weighted by atomic mass is 10.2. The number of carboxylic acids is 2. The van der Waals surface area contributed by atoms with Crippen LogP contribution < -0.4 is 4.74 Å². The van der Waals surface area contributed by atoms with Crippen LogP contribution in [0.4, 0.5) is 0 Å². The van der Waals surface area contributed by atoms with Gasteiger partial charge in [-0.1, -0.05) is 23.2 Å². The van der Waals surface area contributed by atoms with E-state index in [9.17, 15) is 4.79 Å². The minimum atomic E-state index is -1.82. The molecule has 2 aromatic rings. The minimum absolute atomic E-state index is 0.0878. The zero-order valence-electron chi connectivity index (χ0n) is 17.5. The van der Waals surface area contributed by atoms with Gasteiger partial charge in [0.1, 0.15) is 12.2 Å². The fourth-order valence-electron chi connectivity index (χ4n) is 2.95. The van der Waals surface area contributed by atoms with Crippen molar-refractivity contribution in [2.45, 2.75) is 13.8 Å². The molecule has 2 N–H and O–H groups in total. The molecule has 0 radical (unpaired) electrons. The van der Waals surface area contributed by atoms with Crippen molar-refractivity contribution in [3.8, 4) is 11.6 Å². The van der Waals surface area contributed by atoms with E-state index >= 15 is 0 Å². The number of benzene rings is 1. The number of rotatable bonds is 6. The molecular formula is C20H23Cl2N3O7. The van der Waals surface area contributed by atoms with Crippen LogP contribution in [0, 0.1) is 6.92 Å². The number of carboxylic acid groups (broad SMARTS) is 2. The highest BCUT2D eigenvalue weighted by atomic mass is 35.5. The Kier molecular flexibility index (Phi) is 9.45. The smallest absolute Gasteiger partial charge is 0.414 e. The van der Waals surface area contributed by atoms with Crippen LogP contribution in [0.3, 0.4) is 0 Å². The summed E-state index contributed by atoms with van der Waals surface area (Å²) in [6, 6.07) is 5.22. The fourth-order valence-corrected chi connectivity index (χ4v) is 3.24. The van der Waals surface area contributed by atoms with Crippen LogP contribution >= 0.6 is 23.2 Å².